The van der Waals surface area contributed by atoms with Crippen LogP contribution in [0.3, 0.4) is 0 Å². The van der Waals surface area contributed by atoms with E-state index in [9.17, 15) is 10.1 Å². The van der Waals surface area contributed by atoms with Crippen molar-refractivity contribution in [3.05, 3.63) is 25.4 Å². The molecule has 0 bridgehead atoms. The molecule has 4 heteroatoms. The number of thiophene rings is 1. The van der Waals surface area contributed by atoms with Crippen LogP contribution in [0.4, 0.5) is 5.69 Å². The fourth-order valence-corrected chi connectivity index (χ4v) is 2.08. The Morgan fingerprint density at radius 1 is 1.27 bits per heavy atom. The predicted molar refractivity (Wildman–Crippen MR) is 45.2 cm³/mol. The van der Waals surface area contributed by atoms with Crippen LogP contribution in [0, 0.1) is 30.9 Å². The van der Waals surface area contributed by atoms with Crippen molar-refractivity contribution in [2.75, 3.05) is 0 Å². The maximum absolute atomic E-state index is 10.5. The maximum atomic E-state index is 10.5. The largest absolute Gasteiger partial charge is 0.286 e. The standard InChI is InChI=1S/C7H9NO2S/c1-4-5(2)11-6(3)7(4)8(9)10/h1-3H3. The van der Waals surface area contributed by atoms with Crippen molar-refractivity contribution in [1.82, 2.24) is 0 Å². The van der Waals surface area contributed by atoms with Gasteiger partial charge in [0.15, 0.2) is 0 Å². The van der Waals surface area contributed by atoms with Gasteiger partial charge in [-0.3, -0.25) is 10.1 Å². The van der Waals surface area contributed by atoms with Gasteiger partial charge in [-0.15, -0.1) is 11.3 Å². The molecule has 0 aliphatic carbocycles. The van der Waals surface area contributed by atoms with Gasteiger partial charge in [0.05, 0.1) is 9.80 Å². The zero-order valence-corrected chi connectivity index (χ0v) is 7.49. The van der Waals surface area contributed by atoms with Gasteiger partial charge in [0, 0.05) is 10.4 Å². The van der Waals surface area contributed by atoms with Crippen LogP contribution in [-0.2, 0) is 0 Å². The number of nitro groups is 1. The van der Waals surface area contributed by atoms with Crippen LogP contribution in [0.2, 0.25) is 0 Å². The first-order valence-corrected chi connectivity index (χ1v) is 4.06. The summed E-state index contributed by atoms with van der Waals surface area (Å²) in [5.41, 5.74) is 1.09. The highest BCUT2D eigenvalue weighted by atomic mass is 32.1. The van der Waals surface area contributed by atoms with Crippen molar-refractivity contribution in [1.29, 1.82) is 0 Å². The summed E-state index contributed by atoms with van der Waals surface area (Å²) in [4.78, 5) is 12.0. The lowest BCUT2D eigenvalue weighted by Crippen LogP contribution is -1.89. The third-order valence-electron chi connectivity index (χ3n) is 1.71. The van der Waals surface area contributed by atoms with Gasteiger partial charge in [-0.2, -0.15) is 0 Å². The minimum atomic E-state index is -0.311. The lowest BCUT2D eigenvalue weighted by molar-refractivity contribution is -0.385. The first-order valence-electron chi connectivity index (χ1n) is 3.25. The van der Waals surface area contributed by atoms with Crippen molar-refractivity contribution >= 4 is 17.0 Å². The molecule has 0 radical (unpaired) electrons. The average molecular weight is 171 g/mol. The van der Waals surface area contributed by atoms with E-state index in [1.807, 2.05) is 6.92 Å². The van der Waals surface area contributed by atoms with Crippen LogP contribution in [0.25, 0.3) is 0 Å². The zero-order chi connectivity index (χ0) is 8.59. The summed E-state index contributed by atoms with van der Waals surface area (Å²) < 4.78 is 0. The normalized spacial score (nSPS) is 10.1. The summed E-state index contributed by atoms with van der Waals surface area (Å²) in [5.74, 6) is 0. The summed E-state index contributed by atoms with van der Waals surface area (Å²) in [6.07, 6.45) is 0. The number of hydrogen-bond donors (Lipinski definition) is 0. The second-order valence-corrected chi connectivity index (χ2v) is 3.87. The van der Waals surface area contributed by atoms with E-state index in [4.69, 9.17) is 0 Å². The topological polar surface area (TPSA) is 43.1 Å². The fourth-order valence-electron chi connectivity index (χ4n) is 1.05. The number of aryl methyl sites for hydroxylation is 2. The van der Waals surface area contributed by atoms with E-state index in [2.05, 4.69) is 0 Å². The van der Waals surface area contributed by atoms with E-state index in [0.29, 0.717) is 0 Å². The Kier molecular flexibility index (Phi) is 1.95. The Hall–Kier alpha value is -0.900. The Bertz CT molecular complexity index is 304. The van der Waals surface area contributed by atoms with Gasteiger partial charge in [-0.05, 0) is 20.8 Å². The number of rotatable bonds is 1. The lowest BCUT2D eigenvalue weighted by atomic mass is 10.2. The monoisotopic (exact) mass is 171 g/mol. The SMILES string of the molecule is Cc1sc(C)c([N+](=O)[O-])c1C. The first-order chi connectivity index (χ1) is 5.04. The summed E-state index contributed by atoms with van der Waals surface area (Å²) in [7, 11) is 0. The molecule has 0 spiro atoms. The molecule has 0 amide bonds. The van der Waals surface area contributed by atoms with Crippen LogP contribution in [0.1, 0.15) is 15.3 Å². The smallest absolute Gasteiger partial charge is 0.258 e. The predicted octanol–water partition coefficient (Wildman–Crippen LogP) is 2.58. The van der Waals surface area contributed by atoms with E-state index in [1.165, 1.54) is 11.3 Å². The number of nitrogens with zero attached hydrogens (tertiary/aromatic N) is 1. The summed E-state index contributed by atoms with van der Waals surface area (Å²) >= 11 is 1.48. The maximum Gasteiger partial charge on any atom is 0.286 e. The van der Waals surface area contributed by atoms with Crippen molar-refractivity contribution in [3.63, 3.8) is 0 Å². The summed E-state index contributed by atoms with van der Waals surface area (Å²) in [6.45, 7) is 5.47. The van der Waals surface area contributed by atoms with Crippen molar-refractivity contribution in [2.45, 2.75) is 20.8 Å². The molecule has 1 aromatic heterocycles. The van der Waals surface area contributed by atoms with Crippen LogP contribution in [0.15, 0.2) is 0 Å². The molecule has 0 unspecified atom stereocenters. The quantitative estimate of drug-likeness (QED) is 0.481. The van der Waals surface area contributed by atoms with Gasteiger partial charge < -0.3 is 0 Å². The summed E-state index contributed by atoms with van der Waals surface area (Å²) in [6, 6.07) is 0. The second kappa shape index (κ2) is 2.62. The lowest BCUT2D eigenvalue weighted by Gasteiger charge is -1.89. The molecule has 0 atom stereocenters. The molecular weight excluding hydrogens is 162 g/mol. The molecule has 1 heterocycles. The Balaban J connectivity index is 3.34. The van der Waals surface area contributed by atoms with E-state index < -0.39 is 0 Å². The fraction of sp³-hybridized carbons (Fsp3) is 0.429. The molecule has 0 fully saturated rings. The average Bonchev–Trinajstić information content (AvgIpc) is 2.07. The van der Waals surface area contributed by atoms with Gasteiger partial charge in [-0.25, -0.2) is 0 Å². The minimum Gasteiger partial charge on any atom is -0.258 e. The van der Waals surface area contributed by atoms with Gasteiger partial charge in [0.1, 0.15) is 0 Å². The van der Waals surface area contributed by atoms with Crippen LogP contribution in [0.5, 0.6) is 0 Å². The third kappa shape index (κ3) is 1.26. The molecule has 1 rings (SSSR count). The van der Waals surface area contributed by atoms with E-state index in [0.717, 1.165) is 15.3 Å². The Morgan fingerprint density at radius 2 is 1.82 bits per heavy atom. The second-order valence-electron chi connectivity index (χ2n) is 2.45. The minimum absolute atomic E-state index is 0.285. The molecule has 1 aromatic rings. The Morgan fingerprint density at radius 3 is 2.00 bits per heavy atom. The van der Waals surface area contributed by atoms with Crippen LogP contribution >= 0.6 is 11.3 Å². The molecular formula is C7H9NO2S. The van der Waals surface area contributed by atoms with Gasteiger partial charge in [0.25, 0.3) is 5.69 Å². The molecule has 0 aliphatic heterocycles. The van der Waals surface area contributed by atoms with Crippen molar-refractivity contribution < 1.29 is 4.92 Å². The van der Waals surface area contributed by atoms with Gasteiger partial charge in [0.2, 0.25) is 0 Å². The van der Waals surface area contributed by atoms with Gasteiger partial charge >= 0.3 is 0 Å². The molecule has 0 aliphatic rings. The highest BCUT2D eigenvalue weighted by Crippen LogP contribution is 2.32. The van der Waals surface area contributed by atoms with Crippen molar-refractivity contribution in [3.8, 4) is 0 Å². The first kappa shape index (κ1) is 8.20. The molecule has 0 aromatic carbocycles. The highest BCUT2D eigenvalue weighted by molar-refractivity contribution is 7.12. The highest BCUT2D eigenvalue weighted by Gasteiger charge is 2.18. The number of hydrogen-bond acceptors (Lipinski definition) is 3. The summed E-state index contributed by atoms with van der Waals surface area (Å²) in [5, 5.41) is 10.5. The molecule has 11 heavy (non-hydrogen) atoms. The van der Waals surface area contributed by atoms with E-state index >= 15 is 0 Å². The molecule has 0 saturated heterocycles. The molecule has 60 valence electrons. The van der Waals surface area contributed by atoms with Crippen LogP contribution < -0.4 is 0 Å². The van der Waals surface area contributed by atoms with Crippen molar-refractivity contribution in [2.24, 2.45) is 0 Å². The van der Waals surface area contributed by atoms with E-state index in [-0.39, 0.29) is 10.6 Å². The zero-order valence-electron chi connectivity index (χ0n) is 6.67. The third-order valence-corrected chi connectivity index (χ3v) is 2.82. The van der Waals surface area contributed by atoms with Gasteiger partial charge in [-0.1, -0.05) is 0 Å². The van der Waals surface area contributed by atoms with E-state index in [1.54, 1.807) is 13.8 Å². The molecule has 0 saturated carbocycles. The molecule has 3 nitrogen and oxygen atoms in total. The Labute approximate surface area is 68.8 Å². The van der Waals surface area contributed by atoms with Crippen LogP contribution in [-0.4, -0.2) is 4.92 Å². The molecule has 0 N–H and O–H groups in total.